The maximum atomic E-state index is 13.5. The van der Waals surface area contributed by atoms with Gasteiger partial charge in [0.2, 0.25) is 5.91 Å². The Morgan fingerprint density at radius 2 is 1.83 bits per heavy atom. The zero-order valence-corrected chi connectivity index (χ0v) is 21.0. The number of nitrogens with one attached hydrogen (secondary N) is 2. The lowest BCUT2D eigenvalue weighted by molar-refractivity contribution is -0.117. The average molecular weight is 501 g/mol. The van der Waals surface area contributed by atoms with Gasteiger partial charge in [0.05, 0.1) is 17.0 Å². The smallest absolute Gasteiger partial charge is 0.254 e. The van der Waals surface area contributed by atoms with Crippen LogP contribution in [0.5, 0.6) is 0 Å². The zero-order valence-electron chi connectivity index (χ0n) is 20.3. The number of hydrogen-bond acceptors (Lipinski definition) is 3. The third-order valence-electron chi connectivity index (χ3n) is 6.79. The molecule has 184 valence electrons. The summed E-state index contributed by atoms with van der Waals surface area (Å²) in [6, 6.07) is 21.1. The summed E-state index contributed by atoms with van der Waals surface area (Å²) in [7, 11) is 0. The molecule has 1 fully saturated rings. The Labute approximate surface area is 215 Å². The topological polar surface area (TPSA) is 78.1 Å². The lowest BCUT2D eigenvalue weighted by Crippen LogP contribution is -2.28. The van der Waals surface area contributed by atoms with E-state index in [1.165, 1.54) is 0 Å². The molecule has 1 unspecified atom stereocenters. The molecule has 4 aromatic rings. The summed E-state index contributed by atoms with van der Waals surface area (Å²) in [5, 5.41) is 3.67. The summed E-state index contributed by atoms with van der Waals surface area (Å²) in [6.07, 6.45) is 3.43. The Hall–Kier alpha value is -3.64. The van der Waals surface area contributed by atoms with Gasteiger partial charge in [0.25, 0.3) is 5.91 Å². The number of aromatic amines is 1. The van der Waals surface area contributed by atoms with Crippen molar-refractivity contribution in [3.05, 3.63) is 94.3 Å². The lowest BCUT2D eigenvalue weighted by Gasteiger charge is -2.18. The van der Waals surface area contributed by atoms with E-state index < -0.39 is 5.92 Å². The van der Waals surface area contributed by atoms with Crippen molar-refractivity contribution in [3.63, 3.8) is 0 Å². The van der Waals surface area contributed by atoms with Gasteiger partial charge in [0.15, 0.2) is 0 Å². The number of H-pyrrole nitrogens is 1. The van der Waals surface area contributed by atoms with Crippen LogP contribution >= 0.6 is 11.6 Å². The Morgan fingerprint density at radius 1 is 1.06 bits per heavy atom. The fraction of sp³-hybridized carbons (Fsp3) is 0.276. The molecule has 6 nitrogen and oxygen atoms in total. The van der Waals surface area contributed by atoms with Crippen molar-refractivity contribution in [2.75, 3.05) is 18.4 Å². The largest absolute Gasteiger partial charge is 0.341 e. The van der Waals surface area contributed by atoms with E-state index in [0.29, 0.717) is 28.5 Å². The summed E-state index contributed by atoms with van der Waals surface area (Å²) in [4.78, 5) is 36.3. The Kier molecular flexibility index (Phi) is 7.05. The van der Waals surface area contributed by atoms with Gasteiger partial charge >= 0.3 is 0 Å². The predicted molar refractivity (Wildman–Crippen MR) is 144 cm³/mol. The van der Waals surface area contributed by atoms with Crippen LogP contribution in [0.3, 0.4) is 0 Å². The summed E-state index contributed by atoms with van der Waals surface area (Å²) in [5.41, 5.74) is 4.94. The lowest BCUT2D eigenvalue weighted by atomic mass is 9.97. The van der Waals surface area contributed by atoms with Gasteiger partial charge in [-0.15, -0.1) is 0 Å². The number of aryl methyl sites for hydroxylation is 2. The third kappa shape index (κ3) is 5.29. The maximum Gasteiger partial charge on any atom is 0.254 e. The Balaban J connectivity index is 1.38. The number of fused-ring (bicyclic) bond motifs is 1. The van der Waals surface area contributed by atoms with Crippen LogP contribution in [0.1, 0.15) is 52.5 Å². The molecule has 0 aliphatic carbocycles. The van der Waals surface area contributed by atoms with Crippen molar-refractivity contribution >= 4 is 40.1 Å². The number of carbonyl (C=O) groups excluding carboxylic acids is 2. The van der Waals surface area contributed by atoms with E-state index in [1.54, 1.807) is 12.1 Å². The number of hydrogen-bond donors (Lipinski definition) is 2. The quantitative estimate of drug-likeness (QED) is 0.321. The van der Waals surface area contributed by atoms with Crippen molar-refractivity contribution in [1.82, 2.24) is 14.9 Å². The molecule has 1 aliphatic rings. The van der Waals surface area contributed by atoms with Crippen LogP contribution in [-0.4, -0.2) is 39.8 Å². The van der Waals surface area contributed by atoms with Crippen LogP contribution in [-0.2, 0) is 11.2 Å². The van der Waals surface area contributed by atoms with Crippen LogP contribution in [0.15, 0.2) is 66.7 Å². The van der Waals surface area contributed by atoms with Crippen LogP contribution < -0.4 is 5.32 Å². The van der Waals surface area contributed by atoms with Gasteiger partial charge in [0, 0.05) is 29.4 Å². The molecule has 2 amide bonds. The fourth-order valence-electron chi connectivity index (χ4n) is 4.82. The molecule has 1 atom stereocenters. The Morgan fingerprint density at radius 3 is 2.58 bits per heavy atom. The van der Waals surface area contributed by atoms with E-state index >= 15 is 0 Å². The van der Waals surface area contributed by atoms with Crippen molar-refractivity contribution < 1.29 is 9.59 Å². The molecule has 2 N–H and O–H groups in total. The molecular weight excluding hydrogens is 472 g/mol. The number of anilines is 1. The average Bonchev–Trinajstić information content (AvgIpc) is 3.55. The number of aromatic nitrogens is 2. The number of amides is 2. The number of likely N-dealkylation sites (tertiary alicyclic amines) is 1. The minimum Gasteiger partial charge on any atom is -0.341 e. The molecule has 2 heterocycles. The Bertz CT molecular complexity index is 1390. The van der Waals surface area contributed by atoms with E-state index in [9.17, 15) is 9.59 Å². The standard InChI is InChI=1S/C29H29ClN4O2/c1-19-17-22(11-13-23(19)29(36)34-15-5-6-16-34)31-28(35)24(12-9-20-7-3-2-4-8-20)27-32-25-14-10-21(30)18-26(25)33-27/h2-4,7-8,10-11,13-14,17-18,24H,5-6,9,12,15-16H2,1H3,(H,31,35)(H,32,33). The first-order chi connectivity index (χ1) is 17.5. The number of carbonyl (C=O) groups is 2. The minimum absolute atomic E-state index is 0.0598. The van der Waals surface area contributed by atoms with Gasteiger partial charge < -0.3 is 15.2 Å². The molecule has 1 aliphatic heterocycles. The first-order valence-electron chi connectivity index (χ1n) is 12.4. The molecular formula is C29H29ClN4O2. The molecule has 5 rings (SSSR count). The molecule has 0 spiro atoms. The molecule has 3 aromatic carbocycles. The van der Waals surface area contributed by atoms with Gasteiger partial charge in [0.1, 0.15) is 5.82 Å². The highest BCUT2D eigenvalue weighted by molar-refractivity contribution is 6.31. The maximum absolute atomic E-state index is 13.5. The van der Waals surface area contributed by atoms with Gasteiger partial charge in [-0.1, -0.05) is 41.9 Å². The summed E-state index contributed by atoms with van der Waals surface area (Å²) < 4.78 is 0. The number of imidazole rings is 1. The van der Waals surface area contributed by atoms with E-state index in [-0.39, 0.29) is 11.8 Å². The molecule has 0 saturated carbocycles. The van der Waals surface area contributed by atoms with Gasteiger partial charge in [-0.05, 0) is 80.1 Å². The highest BCUT2D eigenvalue weighted by Gasteiger charge is 2.25. The number of nitrogens with zero attached hydrogens (tertiary/aromatic N) is 2. The van der Waals surface area contributed by atoms with Crippen molar-refractivity contribution in [3.8, 4) is 0 Å². The minimum atomic E-state index is -0.484. The van der Waals surface area contributed by atoms with Gasteiger partial charge in [-0.2, -0.15) is 0 Å². The molecule has 0 radical (unpaired) electrons. The highest BCUT2D eigenvalue weighted by Crippen LogP contribution is 2.27. The van der Waals surface area contributed by atoms with Crippen LogP contribution in [0.2, 0.25) is 5.02 Å². The molecule has 36 heavy (non-hydrogen) atoms. The second-order valence-corrected chi connectivity index (χ2v) is 9.82. The third-order valence-corrected chi connectivity index (χ3v) is 7.03. The summed E-state index contributed by atoms with van der Waals surface area (Å²) >= 11 is 6.16. The first-order valence-corrected chi connectivity index (χ1v) is 12.8. The van der Waals surface area contributed by atoms with Crippen molar-refractivity contribution in [2.24, 2.45) is 0 Å². The second-order valence-electron chi connectivity index (χ2n) is 9.38. The molecule has 1 saturated heterocycles. The SMILES string of the molecule is Cc1cc(NC(=O)C(CCc2ccccc2)c2nc3ccc(Cl)cc3[nH]2)ccc1C(=O)N1CCCC1. The molecule has 7 heteroatoms. The van der Waals surface area contributed by atoms with Gasteiger partial charge in [-0.25, -0.2) is 4.98 Å². The predicted octanol–water partition coefficient (Wildman–Crippen LogP) is 6.12. The van der Waals surface area contributed by atoms with E-state index in [2.05, 4.69) is 22.4 Å². The zero-order chi connectivity index (χ0) is 25.1. The summed E-state index contributed by atoms with van der Waals surface area (Å²) in [6.45, 7) is 3.53. The monoisotopic (exact) mass is 500 g/mol. The van der Waals surface area contributed by atoms with Crippen LogP contribution in [0, 0.1) is 6.92 Å². The summed E-state index contributed by atoms with van der Waals surface area (Å²) in [5.74, 6) is 0.0412. The van der Waals surface area contributed by atoms with E-state index in [1.807, 2.05) is 54.3 Å². The normalized spacial score (nSPS) is 14.2. The highest BCUT2D eigenvalue weighted by atomic mass is 35.5. The van der Waals surface area contributed by atoms with E-state index in [0.717, 1.165) is 54.5 Å². The number of halogens is 1. The number of rotatable bonds is 7. The second kappa shape index (κ2) is 10.5. The van der Waals surface area contributed by atoms with Crippen LogP contribution in [0.4, 0.5) is 5.69 Å². The molecule has 0 bridgehead atoms. The molecule has 1 aromatic heterocycles. The van der Waals surface area contributed by atoms with E-state index in [4.69, 9.17) is 16.6 Å². The van der Waals surface area contributed by atoms with Crippen molar-refractivity contribution in [2.45, 2.75) is 38.5 Å². The van der Waals surface area contributed by atoms with Crippen LogP contribution in [0.25, 0.3) is 11.0 Å². The number of benzene rings is 3. The van der Waals surface area contributed by atoms with Crippen molar-refractivity contribution in [1.29, 1.82) is 0 Å². The van der Waals surface area contributed by atoms with Gasteiger partial charge in [-0.3, -0.25) is 9.59 Å². The first kappa shape index (κ1) is 24.1. The fourth-order valence-corrected chi connectivity index (χ4v) is 4.99.